The van der Waals surface area contributed by atoms with Crippen molar-refractivity contribution in [2.45, 2.75) is 25.9 Å². The summed E-state index contributed by atoms with van der Waals surface area (Å²) in [7, 11) is 0. The molecule has 0 amide bonds. The molecule has 0 aliphatic heterocycles. The molecule has 1 rings (SSSR count). The van der Waals surface area contributed by atoms with Crippen LogP contribution in [0.3, 0.4) is 0 Å². The summed E-state index contributed by atoms with van der Waals surface area (Å²) in [5.41, 5.74) is 0. The highest BCUT2D eigenvalue weighted by Crippen LogP contribution is 2.08. The van der Waals surface area contributed by atoms with E-state index in [4.69, 9.17) is 14.7 Å². The van der Waals surface area contributed by atoms with Gasteiger partial charge in [0.2, 0.25) is 0 Å². The van der Waals surface area contributed by atoms with E-state index in [0.29, 0.717) is 19.6 Å². The van der Waals surface area contributed by atoms with Crippen molar-refractivity contribution in [3.63, 3.8) is 0 Å². The number of hydrogen-bond acceptors (Lipinski definition) is 3. The van der Waals surface area contributed by atoms with Crippen LogP contribution >= 0.6 is 0 Å². The van der Waals surface area contributed by atoms with Crippen LogP contribution in [0.25, 0.3) is 0 Å². The molecule has 3 heteroatoms. The molecule has 1 unspecified atom stereocenters. The van der Waals surface area contributed by atoms with Crippen LogP contribution in [0, 0.1) is 11.3 Å². The maximum absolute atomic E-state index is 8.54. The predicted molar refractivity (Wildman–Crippen MR) is 62.2 cm³/mol. The van der Waals surface area contributed by atoms with Gasteiger partial charge in [0.05, 0.1) is 25.2 Å². The monoisotopic (exact) mass is 219 g/mol. The first kappa shape index (κ1) is 12.5. The zero-order valence-corrected chi connectivity index (χ0v) is 9.56. The normalized spacial score (nSPS) is 11.8. The minimum Gasteiger partial charge on any atom is -0.491 e. The van der Waals surface area contributed by atoms with Gasteiger partial charge >= 0.3 is 0 Å². The van der Waals surface area contributed by atoms with Gasteiger partial charge in [-0.25, -0.2) is 0 Å². The molecule has 0 radical (unpaired) electrons. The first-order valence-corrected chi connectivity index (χ1v) is 5.53. The van der Waals surface area contributed by atoms with Crippen LogP contribution in [0.15, 0.2) is 30.3 Å². The van der Waals surface area contributed by atoms with E-state index < -0.39 is 0 Å². The Labute approximate surface area is 96.6 Å². The molecule has 0 N–H and O–H groups in total. The van der Waals surface area contributed by atoms with Crippen molar-refractivity contribution in [2.24, 2.45) is 0 Å². The van der Waals surface area contributed by atoms with Crippen molar-refractivity contribution in [3.8, 4) is 11.8 Å². The van der Waals surface area contributed by atoms with Gasteiger partial charge in [-0.05, 0) is 18.6 Å². The fraction of sp³-hybridized carbons (Fsp3) is 0.462. The fourth-order valence-corrected chi connectivity index (χ4v) is 1.31. The van der Waals surface area contributed by atoms with E-state index in [9.17, 15) is 0 Å². The van der Waals surface area contributed by atoms with Gasteiger partial charge in [0.25, 0.3) is 0 Å². The van der Waals surface area contributed by atoms with Crippen molar-refractivity contribution in [1.29, 1.82) is 5.26 Å². The summed E-state index contributed by atoms with van der Waals surface area (Å²) < 4.78 is 11.0. The highest BCUT2D eigenvalue weighted by molar-refractivity contribution is 5.20. The Morgan fingerprint density at radius 2 is 2.00 bits per heavy atom. The fourth-order valence-electron chi connectivity index (χ4n) is 1.31. The summed E-state index contributed by atoms with van der Waals surface area (Å²) in [6.45, 7) is 3.06. The molecular weight excluding hydrogens is 202 g/mol. The minimum absolute atomic E-state index is 0.0318. The van der Waals surface area contributed by atoms with E-state index in [2.05, 4.69) is 6.07 Å². The lowest BCUT2D eigenvalue weighted by Crippen LogP contribution is -2.16. The molecule has 0 aliphatic carbocycles. The van der Waals surface area contributed by atoms with Gasteiger partial charge in [0.15, 0.2) is 0 Å². The average molecular weight is 219 g/mol. The van der Waals surface area contributed by atoms with Crippen molar-refractivity contribution >= 4 is 0 Å². The maximum atomic E-state index is 8.54. The van der Waals surface area contributed by atoms with E-state index >= 15 is 0 Å². The third kappa shape index (κ3) is 4.81. The first-order valence-electron chi connectivity index (χ1n) is 5.53. The van der Waals surface area contributed by atoms with Crippen molar-refractivity contribution in [2.75, 3.05) is 13.2 Å². The molecule has 1 atom stereocenters. The maximum Gasteiger partial charge on any atom is 0.119 e. The number of rotatable bonds is 7. The number of nitriles is 1. The molecule has 1 aromatic rings. The van der Waals surface area contributed by atoms with Crippen LogP contribution in [0.1, 0.15) is 19.8 Å². The molecular formula is C13H17NO2. The molecule has 0 bridgehead atoms. The van der Waals surface area contributed by atoms with E-state index in [-0.39, 0.29) is 6.10 Å². The summed E-state index contributed by atoms with van der Waals surface area (Å²) in [5.74, 6) is 0.847. The Bertz CT molecular complexity index is 318. The number of nitrogens with zero attached hydrogens (tertiary/aromatic N) is 1. The van der Waals surface area contributed by atoms with Gasteiger partial charge in [-0.1, -0.05) is 25.1 Å². The molecule has 3 nitrogen and oxygen atoms in total. The quantitative estimate of drug-likeness (QED) is 0.662. The smallest absolute Gasteiger partial charge is 0.119 e. The average Bonchev–Trinajstić information content (AvgIpc) is 2.34. The second-order valence-corrected chi connectivity index (χ2v) is 3.42. The van der Waals surface area contributed by atoms with Gasteiger partial charge < -0.3 is 9.47 Å². The molecule has 1 aromatic carbocycles. The van der Waals surface area contributed by atoms with Crippen molar-refractivity contribution in [1.82, 2.24) is 0 Å². The van der Waals surface area contributed by atoms with Gasteiger partial charge in [0, 0.05) is 0 Å². The van der Waals surface area contributed by atoms with E-state index in [1.165, 1.54) is 0 Å². The predicted octanol–water partition coefficient (Wildman–Crippen LogP) is 2.77. The van der Waals surface area contributed by atoms with Crippen molar-refractivity contribution in [3.05, 3.63) is 30.3 Å². The molecule has 0 aromatic heterocycles. The van der Waals surface area contributed by atoms with Crippen molar-refractivity contribution < 1.29 is 9.47 Å². The largest absolute Gasteiger partial charge is 0.491 e. The Kier molecular flexibility index (Phi) is 6.05. The first-order chi connectivity index (χ1) is 7.86. The van der Waals surface area contributed by atoms with Gasteiger partial charge in [-0.3, -0.25) is 0 Å². The molecule has 0 heterocycles. The van der Waals surface area contributed by atoms with Gasteiger partial charge in [-0.15, -0.1) is 0 Å². The molecule has 16 heavy (non-hydrogen) atoms. The third-order valence-electron chi connectivity index (χ3n) is 2.22. The Morgan fingerprint density at radius 1 is 1.25 bits per heavy atom. The molecule has 86 valence electrons. The lowest BCUT2D eigenvalue weighted by molar-refractivity contribution is 0.0345. The Hall–Kier alpha value is -1.53. The molecule has 0 fully saturated rings. The van der Waals surface area contributed by atoms with E-state index in [1.54, 1.807) is 0 Å². The highest BCUT2D eigenvalue weighted by atomic mass is 16.5. The lowest BCUT2D eigenvalue weighted by atomic mass is 10.2. The minimum atomic E-state index is 0.0318. The number of ether oxygens (including phenoxy) is 2. The van der Waals surface area contributed by atoms with E-state index in [0.717, 1.165) is 12.2 Å². The summed E-state index contributed by atoms with van der Waals surface area (Å²) in [6.07, 6.45) is 1.34. The van der Waals surface area contributed by atoms with Crippen LogP contribution in [-0.2, 0) is 4.74 Å². The van der Waals surface area contributed by atoms with E-state index in [1.807, 2.05) is 37.3 Å². The molecule has 0 spiro atoms. The molecule has 0 aliphatic rings. The van der Waals surface area contributed by atoms with Gasteiger partial charge in [0.1, 0.15) is 12.4 Å². The zero-order chi connectivity index (χ0) is 11.6. The van der Waals surface area contributed by atoms with Crippen LogP contribution < -0.4 is 4.74 Å². The molecule has 0 saturated carbocycles. The third-order valence-corrected chi connectivity index (χ3v) is 2.22. The molecule has 0 saturated heterocycles. The second-order valence-electron chi connectivity index (χ2n) is 3.42. The van der Waals surface area contributed by atoms with Crippen LogP contribution in [-0.4, -0.2) is 19.3 Å². The summed E-state index contributed by atoms with van der Waals surface area (Å²) in [6, 6.07) is 11.7. The summed E-state index contributed by atoms with van der Waals surface area (Å²) in [4.78, 5) is 0. The summed E-state index contributed by atoms with van der Waals surface area (Å²) >= 11 is 0. The SMILES string of the molecule is CCC(CC#N)OCCOc1ccccc1. The zero-order valence-electron chi connectivity index (χ0n) is 9.56. The Balaban J connectivity index is 2.14. The highest BCUT2D eigenvalue weighted by Gasteiger charge is 2.04. The van der Waals surface area contributed by atoms with Crippen LogP contribution in [0.2, 0.25) is 0 Å². The standard InChI is InChI=1S/C13H17NO2/c1-2-12(8-9-14)15-10-11-16-13-6-4-3-5-7-13/h3-7,12H,2,8,10-11H2,1H3. The second kappa shape index (κ2) is 7.72. The van der Waals surface area contributed by atoms with Crippen LogP contribution in [0.5, 0.6) is 5.75 Å². The number of hydrogen-bond donors (Lipinski definition) is 0. The topological polar surface area (TPSA) is 42.2 Å². The number of benzene rings is 1. The summed E-state index contributed by atoms with van der Waals surface area (Å²) in [5, 5.41) is 8.54. The van der Waals surface area contributed by atoms with Gasteiger partial charge in [-0.2, -0.15) is 5.26 Å². The van der Waals surface area contributed by atoms with Crippen LogP contribution in [0.4, 0.5) is 0 Å². The Morgan fingerprint density at radius 3 is 2.62 bits per heavy atom. The lowest BCUT2D eigenvalue weighted by Gasteiger charge is -2.13. The number of para-hydroxylation sites is 1.